The number of hydrogen-bond donors (Lipinski definition) is 2. The van der Waals surface area contributed by atoms with Gasteiger partial charge in [0.1, 0.15) is 0 Å². The molecule has 0 fully saturated rings. The molecule has 1 aliphatic heterocycles. The van der Waals surface area contributed by atoms with Crippen molar-refractivity contribution in [1.29, 1.82) is 0 Å². The summed E-state index contributed by atoms with van der Waals surface area (Å²) in [4.78, 5) is 26.2. The van der Waals surface area contributed by atoms with Gasteiger partial charge in [-0.1, -0.05) is 33.8 Å². The molecule has 0 spiro atoms. The lowest BCUT2D eigenvalue weighted by molar-refractivity contribution is -0.125. The van der Waals surface area contributed by atoms with Crippen molar-refractivity contribution in [3.63, 3.8) is 0 Å². The van der Waals surface area contributed by atoms with E-state index in [1.54, 1.807) is 43.0 Å². The van der Waals surface area contributed by atoms with E-state index in [2.05, 4.69) is 10.0 Å². The predicted octanol–water partition coefficient (Wildman–Crippen LogP) is 4.08. The Balaban J connectivity index is 1.86. The molecule has 3 rings (SSSR count). The molecule has 0 aliphatic carbocycles. The van der Waals surface area contributed by atoms with Crippen LogP contribution in [0.3, 0.4) is 0 Å². The van der Waals surface area contributed by atoms with Gasteiger partial charge in [0, 0.05) is 29.8 Å². The molecule has 31 heavy (non-hydrogen) atoms. The van der Waals surface area contributed by atoms with Gasteiger partial charge in [0.2, 0.25) is 11.8 Å². The average molecular weight is 444 g/mol. The second-order valence-corrected chi connectivity index (χ2v) is 10.4. The van der Waals surface area contributed by atoms with Gasteiger partial charge < -0.3 is 10.2 Å². The number of nitrogens with one attached hydrogen (secondary N) is 2. The summed E-state index contributed by atoms with van der Waals surface area (Å²) < 4.78 is 28.6. The number of carbonyl (C=O) groups is 2. The molecule has 2 amide bonds. The van der Waals surface area contributed by atoms with Gasteiger partial charge in [0.05, 0.1) is 10.6 Å². The van der Waals surface area contributed by atoms with Crippen LogP contribution in [0.1, 0.15) is 45.2 Å². The largest absolute Gasteiger partial charge is 0.326 e. The molecule has 7 nitrogen and oxygen atoms in total. The number of fused-ring (bicyclic) bond motifs is 1. The zero-order valence-electron chi connectivity index (χ0n) is 18.6. The Morgan fingerprint density at radius 3 is 2.35 bits per heavy atom. The summed E-state index contributed by atoms with van der Waals surface area (Å²) in [6, 6.07) is 9.97. The summed E-state index contributed by atoms with van der Waals surface area (Å²) in [6.45, 7) is 9.63. The van der Waals surface area contributed by atoms with E-state index in [4.69, 9.17) is 0 Å². The van der Waals surface area contributed by atoms with Crippen LogP contribution < -0.4 is 14.9 Å². The molecular formula is C23H29N3O4S. The number of nitrogens with zero attached hydrogens (tertiary/aromatic N) is 1. The smallest absolute Gasteiger partial charge is 0.262 e. The maximum absolute atomic E-state index is 13.0. The van der Waals surface area contributed by atoms with E-state index in [9.17, 15) is 18.0 Å². The number of aryl methyl sites for hydroxylation is 1. The molecule has 0 atom stereocenters. The third-order valence-electron chi connectivity index (χ3n) is 5.19. The van der Waals surface area contributed by atoms with Gasteiger partial charge >= 0.3 is 0 Å². The van der Waals surface area contributed by atoms with E-state index in [0.29, 0.717) is 29.9 Å². The average Bonchev–Trinajstić information content (AvgIpc) is 3.09. The predicted molar refractivity (Wildman–Crippen MR) is 123 cm³/mol. The van der Waals surface area contributed by atoms with Crippen molar-refractivity contribution in [3.8, 4) is 0 Å². The lowest BCUT2D eigenvalue weighted by atomic mass is 9.94. The third kappa shape index (κ3) is 4.90. The SMILES string of the molecule is CCC(=O)Nc1ccc(S(=O)(=O)Nc2ccc3c(c2)N(C(=O)C(C)(C)C)CC3)c(C)c1. The maximum atomic E-state index is 13.0. The first-order valence-electron chi connectivity index (χ1n) is 10.3. The van der Waals surface area contributed by atoms with Crippen LogP contribution in [0.4, 0.5) is 17.1 Å². The summed E-state index contributed by atoms with van der Waals surface area (Å²) in [7, 11) is -3.84. The molecule has 0 unspecified atom stereocenters. The number of sulfonamides is 1. The molecule has 2 N–H and O–H groups in total. The highest BCUT2D eigenvalue weighted by atomic mass is 32.2. The van der Waals surface area contributed by atoms with E-state index in [1.807, 2.05) is 26.8 Å². The number of carbonyl (C=O) groups excluding carboxylic acids is 2. The third-order valence-corrected chi connectivity index (χ3v) is 6.73. The van der Waals surface area contributed by atoms with Crippen molar-refractivity contribution < 1.29 is 18.0 Å². The Morgan fingerprint density at radius 1 is 1.06 bits per heavy atom. The van der Waals surface area contributed by atoms with E-state index >= 15 is 0 Å². The van der Waals surface area contributed by atoms with Crippen molar-refractivity contribution in [2.75, 3.05) is 21.5 Å². The van der Waals surface area contributed by atoms with E-state index in [-0.39, 0.29) is 16.7 Å². The molecule has 8 heteroatoms. The van der Waals surface area contributed by atoms with Crippen LogP contribution >= 0.6 is 0 Å². The van der Waals surface area contributed by atoms with Gasteiger partial charge in [-0.3, -0.25) is 14.3 Å². The van der Waals surface area contributed by atoms with Crippen molar-refractivity contribution in [2.45, 2.75) is 52.4 Å². The molecule has 2 aromatic carbocycles. The number of rotatable bonds is 5. The normalized spacial score (nSPS) is 13.6. The highest BCUT2D eigenvalue weighted by Crippen LogP contribution is 2.34. The molecule has 0 aromatic heterocycles. The number of anilines is 3. The van der Waals surface area contributed by atoms with Gasteiger partial charge in [-0.2, -0.15) is 0 Å². The van der Waals surface area contributed by atoms with Crippen LogP contribution in [-0.2, 0) is 26.0 Å². The lowest BCUT2D eigenvalue weighted by Gasteiger charge is -2.26. The van der Waals surface area contributed by atoms with Crippen LogP contribution in [0.5, 0.6) is 0 Å². The molecule has 1 aliphatic rings. The fourth-order valence-corrected chi connectivity index (χ4v) is 4.82. The topological polar surface area (TPSA) is 95.6 Å². The summed E-state index contributed by atoms with van der Waals surface area (Å²) in [5, 5.41) is 2.72. The van der Waals surface area contributed by atoms with Crippen molar-refractivity contribution in [3.05, 3.63) is 47.5 Å². The molecular weight excluding hydrogens is 414 g/mol. The molecule has 0 radical (unpaired) electrons. The first-order chi connectivity index (χ1) is 14.4. The zero-order valence-corrected chi connectivity index (χ0v) is 19.4. The Hall–Kier alpha value is -2.87. The molecule has 0 saturated carbocycles. The standard InChI is InChI=1S/C23H29N3O4S/c1-6-21(27)24-17-9-10-20(15(2)13-17)31(29,30)25-18-8-7-16-11-12-26(19(16)14-18)22(28)23(3,4)5/h7-10,13-14,25H,6,11-12H2,1-5H3,(H,24,27). The lowest BCUT2D eigenvalue weighted by Crippen LogP contribution is -2.38. The second-order valence-electron chi connectivity index (χ2n) is 8.79. The van der Waals surface area contributed by atoms with Gasteiger partial charge in [0.25, 0.3) is 10.0 Å². The first kappa shape index (κ1) is 22.8. The second kappa shape index (κ2) is 8.34. The molecule has 166 valence electrons. The highest BCUT2D eigenvalue weighted by molar-refractivity contribution is 7.92. The highest BCUT2D eigenvalue weighted by Gasteiger charge is 2.32. The number of benzene rings is 2. The van der Waals surface area contributed by atoms with E-state index in [0.717, 1.165) is 17.7 Å². The van der Waals surface area contributed by atoms with Gasteiger partial charge in [-0.05, 0) is 54.8 Å². The zero-order chi connectivity index (χ0) is 23.0. The Labute approximate surface area is 183 Å². The maximum Gasteiger partial charge on any atom is 0.262 e. The number of hydrogen-bond acceptors (Lipinski definition) is 4. The minimum absolute atomic E-state index is 0.00631. The fraction of sp³-hybridized carbons (Fsp3) is 0.391. The van der Waals surface area contributed by atoms with Gasteiger partial charge in [0.15, 0.2) is 0 Å². The summed E-state index contributed by atoms with van der Waals surface area (Å²) in [5.41, 5.74) is 2.71. The Morgan fingerprint density at radius 2 is 1.74 bits per heavy atom. The quantitative estimate of drug-likeness (QED) is 0.728. The Bertz CT molecular complexity index is 1130. The summed E-state index contributed by atoms with van der Waals surface area (Å²) in [6.07, 6.45) is 1.09. The Kier molecular flexibility index (Phi) is 6.14. The van der Waals surface area contributed by atoms with Crippen molar-refractivity contribution >= 4 is 38.9 Å². The van der Waals surface area contributed by atoms with Crippen LogP contribution in [-0.4, -0.2) is 26.8 Å². The monoisotopic (exact) mass is 443 g/mol. The molecule has 2 aromatic rings. The van der Waals surface area contributed by atoms with Crippen molar-refractivity contribution in [2.24, 2.45) is 5.41 Å². The molecule has 0 bridgehead atoms. The van der Waals surface area contributed by atoms with Crippen LogP contribution in [0.2, 0.25) is 0 Å². The van der Waals surface area contributed by atoms with Gasteiger partial charge in [-0.25, -0.2) is 8.42 Å². The summed E-state index contributed by atoms with van der Waals surface area (Å²) >= 11 is 0. The first-order valence-corrected chi connectivity index (χ1v) is 11.8. The fourth-order valence-electron chi connectivity index (χ4n) is 3.55. The van der Waals surface area contributed by atoms with Crippen LogP contribution in [0.15, 0.2) is 41.3 Å². The van der Waals surface area contributed by atoms with Crippen LogP contribution in [0, 0.1) is 12.3 Å². The molecule has 1 heterocycles. The van der Waals surface area contributed by atoms with E-state index in [1.165, 1.54) is 6.07 Å². The molecule has 0 saturated heterocycles. The summed E-state index contributed by atoms with van der Waals surface area (Å²) in [5.74, 6) is -0.132. The minimum Gasteiger partial charge on any atom is -0.326 e. The minimum atomic E-state index is -3.84. The van der Waals surface area contributed by atoms with Gasteiger partial charge in [-0.15, -0.1) is 0 Å². The number of amides is 2. The van der Waals surface area contributed by atoms with E-state index < -0.39 is 15.4 Å². The van der Waals surface area contributed by atoms with Crippen LogP contribution in [0.25, 0.3) is 0 Å². The van der Waals surface area contributed by atoms with Crippen molar-refractivity contribution in [1.82, 2.24) is 0 Å².